The molecule has 4 nitrogen and oxygen atoms in total. The molecule has 0 heterocycles. The van der Waals surface area contributed by atoms with E-state index in [9.17, 15) is 19.4 Å². The van der Waals surface area contributed by atoms with Crippen molar-refractivity contribution < 1.29 is 24.1 Å². The smallest absolute Gasteiger partial charge is 0.307 e. The number of allylic oxidation sites excluding steroid dienone is 2. The molecule has 6 heteroatoms. The molecule has 1 aliphatic rings. The van der Waals surface area contributed by atoms with Gasteiger partial charge in [0, 0.05) is 6.07 Å². The van der Waals surface area contributed by atoms with E-state index < -0.39 is 11.8 Å². The second-order valence-electron chi connectivity index (χ2n) is 7.21. The van der Waals surface area contributed by atoms with Gasteiger partial charge in [0.05, 0.1) is 11.4 Å². The lowest BCUT2D eigenvalue weighted by Gasteiger charge is -2.08. The summed E-state index contributed by atoms with van der Waals surface area (Å²) in [6, 6.07) is 16.4. The highest BCUT2D eigenvalue weighted by Crippen LogP contribution is 2.44. The van der Waals surface area contributed by atoms with Crippen LogP contribution in [0.15, 0.2) is 66.2 Å². The summed E-state index contributed by atoms with van der Waals surface area (Å²) >= 11 is 5.91. The molecule has 156 valence electrons. The van der Waals surface area contributed by atoms with Crippen molar-refractivity contribution >= 4 is 34.8 Å². The monoisotopic (exact) mass is 436 g/mol. The molecule has 0 atom stereocenters. The Morgan fingerprint density at radius 1 is 1.03 bits per heavy atom. The molecule has 3 aromatic rings. The Hall–Kier alpha value is -3.57. The standard InChI is InChI=1S/C25H18ClFO4/c1-14-20(19-8-4-16(27)11-22(19)21(14)13-25(29)30)10-15-2-5-17(6-3-15)31-18-7-9-24(28)23(26)12-18/h2-12,28H,13H2,1H3,(H,29,30)/b20-10-. The number of carbonyl (C=O) groups is 1. The number of rotatable bonds is 5. The van der Waals surface area contributed by atoms with Crippen molar-refractivity contribution in [1.29, 1.82) is 0 Å². The first-order valence-electron chi connectivity index (χ1n) is 9.52. The van der Waals surface area contributed by atoms with Gasteiger partial charge in [-0.3, -0.25) is 4.79 Å². The molecular weight excluding hydrogens is 419 g/mol. The van der Waals surface area contributed by atoms with Gasteiger partial charge < -0.3 is 14.9 Å². The number of carboxylic acid groups (broad SMARTS) is 1. The van der Waals surface area contributed by atoms with Crippen molar-refractivity contribution in [2.75, 3.05) is 0 Å². The molecule has 31 heavy (non-hydrogen) atoms. The van der Waals surface area contributed by atoms with Crippen LogP contribution in [0.1, 0.15) is 30.0 Å². The first-order chi connectivity index (χ1) is 14.8. The van der Waals surface area contributed by atoms with E-state index in [4.69, 9.17) is 16.3 Å². The Kier molecular flexibility index (Phi) is 5.53. The van der Waals surface area contributed by atoms with Gasteiger partial charge in [-0.05, 0) is 82.8 Å². The van der Waals surface area contributed by atoms with Crippen LogP contribution in [-0.4, -0.2) is 16.2 Å². The highest BCUT2D eigenvalue weighted by Gasteiger charge is 2.25. The van der Waals surface area contributed by atoms with Gasteiger partial charge in [0.1, 0.15) is 23.1 Å². The number of benzene rings is 3. The van der Waals surface area contributed by atoms with Crippen LogP contribution >= 0.6 is 11.6 Å². The number of aliphatic carboxylic acids is 1. The molecule has 0 spiro atoms. The maximum atomic E-state index is 13.8. The largest absolute Gasteiger partial charge is 0.506 e. The van der Waals surface area contributed by atoms with Crippen molar-refractivity contribution in [3.05, 3.63) is 93.8 Å². The molecule has 0 aliphatic heterocycles. The van der Waals surface area contributed by atoms with Crippen LogP contribution in [0.3, 0.4) is 0 Å². The first-order valence-corrected chi connectivity index (χ1v) is 9.90. The Balaban J connectivity index is 1.64. The maximum Gasteiger partial charge on any atom is 0.307 e. The number of fused-ring (bicyclic) bond motifs is 1. The van der Waals surface area contributed by atoms with E-state index in [1.165, 1.54) is 24.3 Å². The number of hydrogen-bond acceptors (Lipinski definition) is 3. The van der Waals surface area contributed by atoms with E-state index >= 15 is 0 Å². The topological polar surface area (TPSA) is 66.8 Å². The second kappa shape index (κ2) is 8.28. The molecule has 3 aromatic carbocycles. The van der Waals surface area contributed by atoms with Gasteiger partial charge in [0.25, 0.3) is 0 Å². The summed E-state index contributed by atoms with van der Waals surface area (Å²) in [5.74, 6) is -0.277. The molecule has 0 unspecified atom stereocenters. The van der Waals surface area contributed by atoms with Gasteiger partial charge >= 0.3 is 5.97 Å². The predicted octanol–water partition coefficient (Wildman–Crippen LogP) is 6.78. The van der Waals surface area contributed by atoms with Crippen molar-refractivity contribution in [2.45, 2.75) is 13.3 Å². The molecule has 0 aromatic heterocycles. The zero-order valence-corrected chi connectivity index (χ0v) is 17.3. The number of aromatic hydroxyl groups is 1. The maximum absolute atomic E-state index is 13.8. The van der Waals surface area contributed by atoms with Crippen LogP contribution in [0, 0.1) is 5.82 Å². The number of carboxylic acids is 1. The number of phenols is 1. The molecular formula is C25H18ClFO4. The zero-order valence-electron chi connectivity index (χ0n) is 16.5. The Bertz CT molecular complexity index is 1240. The van der Waals surface area contributed by atoms with Crippen LogP contribution in [0.4, 0.5) is 4.39 Å². The summed E-state index contributed by atoms with van der Waals surface area (Å²) in [4.78, 5) is 11.3. The van der Waals surface area contributed by atoms with Crippen LogP contribution in [0.2, 0.25) is 5.02 Å². The highest BCUT2D eigenvalue weighted by molar-refractivity contribution is 6.32. The summed E-state index contributed by atoms with van der Waals surface area (Å²) in [5.41, 5.74) is 4.63. The molecule has 0 amide bonds. The Labute approximate surface area is 183 Å². The molecule has 0 saturated carbocycles. The lowest BCUT2D eigenvalue weighted by atomic mass is 10.0. The SMILES string of the molecule is CC1=C(CC(=O)O)c2cc(F)ccc2/C1=C\c1ccc(Oc2ccc(O)c(Cl)c2)cc1. The van der Waals surface area contributed by atoms with Crippen molar-refractivity contribution in [2.24, 2.45) is 0 Å². The third kappa shape index (κ3) is 4.32. The summed E-state index contributed by atoms with van der Waals surface area (Å²) in [6.45, 7) is 1.86. The molecule has 2 N–H and O–H groups in total. The van der Waals surface area contributed by atoms with E-state index in [1.54, 1.807) is 24.3 Å². The summed E-state index contributed by atoms with van der Waals surface area (Å²) in [6.07, 6.45) is 1.78. The number of ether oxygens (including phenoxy) is 1. The van der Waals surface area contributed by atoms with Crippen LogP contribution in [0.25, 0.3) is 17.2 Å². The van der Waals surface area contributed by atoms with Crippen LogP contribution in [-0.2, 0) is 4.79 Å². The third-order valence-electron chi connectivity index (χ3n) is 5.13. The fraction of sp³-hybridized carbons (Fsp3) is 0.0800. The van der Waals surface area contributed by atoms with E-state index in [2.05, 4.69) is 0 Å². The van der Waals surface area contributed by atoms with Gasteiger partial charge in [-0.25, -0.2) is 4.39 Å². The van der Waals surface area contributed by atoms with E-state index in [0.29, 0.717) is 22.6 Å². The number of phenolic OH excluding ortho intramolecular Hbond substituents is 1. The lowest BCUT2D eigenvalue weighted by molar-refractivity contribution is -0.135. The Morgan fingerprint density at radius 2 is 1.74 bits per heavy atom. The zero-order chi connectivity index (χ0) is 22.1. The fourth-order valence-electron chi connectivity index (χ4n) is 3.62. The normalized spacial score (nSPS) is 14.1. The fourth-order valence-corrected chi connectivity index (χ4v) is 3.79. The molecule has 1 aliphatic carbocycles. The Morgan fingerprint density at radius 3 is 2.42 bits per heavy atom. The molecule has 0 radical (unpaired) electrons. The van der Waals surface area contributed by atoms with Gasteiger partial charge in [-0.2, -0.15) is 0 Å². The minimum Gasteiger partial charge on any atom is -0.506 e. The number of halogens is 2. The molecule has 0 bridgehead atoms. The second-order valence-corrected chi connectivity index (χ2v) is 7.61. The van der Waals surface area contributed by atoms with E-state index in [-0.39, 0.29) is 17.2 Å². The highest BCUT2D eigenvalue weighted by atomic mass is 35.5. The van der Waals surface area contributed by atoms with E-state index in [1.807, 2.05) is 25.1 Å². The average Bonchev–Trinajstić information content (AvgIpc) is 2.97. The predicted molar refractivity (Wildman–Crippen MR) is 119 cm³/mol. The van der Waals surface area contributed by atoms with Crippen molar-refractivity contribution in [3.63, 3.8) is 0 Å². The minimum atomic E-state index is -0.957. The van der Waals surface area contributed by atoms with Crippen molar-refractivity contribution in [3.8, 4) is 17.2 Å². The summed E-state index contributed by atoms with van der Waals surface area (Å²) in [5, 5.41) is 19.0. The summed E-state index contributed by atoms with van der Waals surface area (Å²) < 4.78 is 19.6. The van der Waals surface area contributed by atoms with Gasteiger partial charge in [0.2, 0.25) is 0 Å². The van der Waals surface area contributed by atoms with Crippen LogP contribution in [0.5, 0.6) is 17.2 Å². The van der Waals surface area contributed by atoms with E-state index in [0.717, 1.165) is 22.3 Å². The quantitative estimate of drug-likeness (QED) is 0.462. The lowest BCUT2D eigenvalue weighted by Crippen LogP contribution is -1.97. The minimum absolute atomic E-state index is 0.0154. The average molecular weight is 437 g/mol. The molecule has 0 fully saturated rings. The third-order valence-corrected chi connectivity index (χ3v) is 5.43. The number of hydrogen-bond donors (Lipinski definition) is 2. The van der Waals surface area contributed by atoms with Crippen molar-refractivity contribution in [1.82, 2.24) is 0 Å². The van der Waals surface area contributed by atoms with Gasteiger partial charge in [0.15, 0.2) is 0 Å². The summed E-state index contributed by atoms with van der Waals surface area (Å²) in [7, 11) is 0. The van der Waals surface area contributed by atoms with Gasteiger partial charge in [-0.15, -0.1) is 0 Å². The van der Waals surface area contributed by atoms with Crippen LogP contribution < -0.4 is 4.74 Å². The molecule has 0 saturated heterocycles. The van der Waals surface area contributed by atoms with Gasteiger partial charge in [-0.1, -0.05) is 29.8 Å². The molecule has 4 rings (SSSR count). The first kappa shape index (κ1) is 20.7.